The van der Waals surface area contributed by atoms with E-state index < -0.39 is 0 Å². The quantitative estimate of drug-likeness (QED) is 0.299. The van der Waals surface area contributed by atoms with Gasteiger partial charge in [-0.25, -0.2) is 0 Å². The Morgan fingerprint density at radius 1 is 0.952 bits per heavy atom. The predicted molar refractivity (Wildman–Crippen MR) is 90.7 cm³/mol. The summed E-state index contributed by atoms with van der Waals surface area (Å²) in [4.78, 5) is 12.3. The summed E-state index contributed by atoms with van der Waals surface area (Å²) < 4.78 is 0. The second kappa shape index (κ2) is 7.52. The summed E-state index contributed by atoms with van der Waals surface area (Å²) in [5.74, 6) is -0.330. The van der Waals surface area contributed by atoms with Gasteiger partial charge in [-0.1, -0.05) is 24.3 Å². The molecule has 0 unspecified atom stereocenters. The topological polar surface area (TPSA) is 119 Å². The van der Waals surface area contributed by atoms with E-state index in [-0.39, 0.29) is 42.1 Å². The third kappa shape index (κ3) is 3.87. The van der Waals surface area contributed by atoms with E-state index in [0.29, 0.717) is 22.4 Å². The molecule has 0 bridgehead atoms. The highest BCUT2D eigenvalue weighted by molar-refractivity contribution is 6.14. The summed E-state index contributed by atoms with van der Waals surface area (Å²) in [5.41, 5.74) is 18.8. The van der Waals surface area contributed by atoms with Crippen LogP contribution in [0.5, 0.6) is 0 Å². The van der Waals surface area contributed by atoms with Gasteiger partial charge in [-0.2, -0.15) is 0 Å². The number of amidine groups is 1. The minimum Gasteiger partial charge on any atom is -0.397 e. The molecule has 0 aliphatic heterocycles. The van der Waals surface area contributed by atoms with Crippen molar-refractivity contribution in [3.63, 3.8) is 0 Å². The minimum atomic E-state index is -0.243. The molecular formula is C14H16Cl2N4O. The lowest BCUT2D eigenvalue weighted by Gasteiger charge is -2.08. The molecule has 0 aliphatic carbocycles. The maximum Gasteiger partial charge on any atom is 0.195 e. The highest BCUT2D eigenvalue weighted by Gasteiger charge is 2.14. The van der Waals surface area contributed by atoms with E-state index in [1.54, 1.807) is 42.5 Å². The average molecular weight is 327 g/mol. The van der Waals surface area contributed by atoms with Crippen LogP contribution in [0.15, 0.2) is 42.5 Å². The number of nitrogen functional groups attached to an aromatic ring is 3. The molecule has 5 nitrogen and oxygen atoms in total. The molecule has 21 heavy (non-hydrogen) atoms. The Balaban J connectivity index is 0.00000200. The van der Waals surface area contributed by atoms with Gasteiger partial charge < -0.3 is 17.2 Å². The molecule has 0 atom stereocenters. The van der Waals surface area contributed by atoms with Crippen molar-refractivity contribution in [2.24, 2.45) is 5.73 Å². The SMILES string of the molecule is Cl.Cl.N=C(N)c1cccc(C(=O)c2cccc(N)c2N)c1. The van der Waals surface area contributed by atoms with E-state index in [4.69, 9.17) is 22.6 Å². The molecule has 0 amide bonds. The maximum atomic E-state index is 12.3. The van der Waals surface area contributed by atoms with E-state index in [2.05, 4.69) is 0 Å². The molecule has 0 saturated heterocycles. The first-order valence-electron chi connectivity index (χ1n) is 5.64. The molecule has 2 aromatic rings. The van der Waals surface area contributed by atoms with Crippen molar-refractivity contribution < 1.29 is 4.79 Å². The van der Waals surface area contributed by atoms with Gasteiger partial charge in [-0.15, -0.1) is 24.8 Å². The molecule has 0 spiro atoms. The lowest BCUT2D eigenvalue weighted by molar-refractivity contribution is 0.103. The largest absolute Gasteiger partial charge is 0.397 e. The monoisotopic (exact) mass is 326 g/mol. The Morgan fingerprint density at radius 2 is 1.52 bits per heavy atom. The normalized spacial score (nSPS) is 9.14. The number of ketones is 1. The van der Waals surface area contributed by atoms with Crippen molar-refractivity contribution in [1.82, 2.24) is 0 Å². The smallest absolute Gasteiger partial charge is 0.195 e. The molecule has 7 heteroatoms. The standard InChI is InChI=1S/C14H14N4O.2ClH/c15-11-6-2-5-10(12(11)16)13(19)8-3-1-4-9(7-8)14(17)18;;/h1-7H,15-16H2,(H3,17,18);2*1H. The number of carbonyl (C=O) groups is 1. The third-order valence-electron chi connectivity index (χ3n) is 2.82. The van der Waals surface area contributed by atoms with Crippen LogP contribution < -0.4 is 17.2 Å². The van der Waals surface area contributed by atoms with Crippen LogP contribution in [0.25, 0.3) is 0 Å². The zero-order valence-electron chi connectivity index (χ0n) is 11.0. The van der Waals surface area contributed by atoms with E-state index >= 15 is 0 Å². The van der Waals surface area contributed by atoms with Gasteiger partial charge in [0.05, 0.1) is 11.4 Å². The molecule has 0 radical (unpaired) electrons. The van der Waals surface area contributed by atoms with Gasteiger partial charge in [0.2, 0.25) is 0 Å². The van der Waals surface area contributed by atoms with Crippen LogP contribution in [-0.4, -0.2) is 11.6 Å². The van der Waals surface area contributed by atoms with E-state index in [9.17, 15) is 4.79 Å². The Hall–Kier alpha value is -2.24. The summed E-state index contributed by atoms with van der Waals surface area (Å²) in [6, 6.07) is 11.5. The number of para-hydroxylation sites is 1. The molecule has 0 saturated carbocycles. The van der Waals surface area contributed by atoms with Crippen molar-refractivity contribution >= 4 is 47.8 Å². The molecule has 112 valence electrons. The first-order chi connectivity index (χ1) is 9.00. The van der Waals surface area contributed by atoms with E-state index in [0.717, 1.165) is 0 Å². The lowest BCUT2D eigenvalue weighted by Crippen LogP contribution is -2.13. The van der Waals surface area contributed by atoms with Gasteiger partial charge in [0, 0.05) is 16.7 Å². The molecule has 0 heterocycles. The Labute approximate surface area is 134 Å². The molecule has 2 aromatic carbocycles. The van der Waals surface area contributed by atoms with Crippen LogP contribution in [0.2, 0.25) is 0 Å². The summed E-state index contributed by atoms with van der Waals surface area (Å²) in [5, 5.41) is 7.38. The van der Waals surface area contributed by atoms with Crippen molar-refractivity contribution in [2.75, 3.05) is 11.5 Å². The fraction of sp³-hybridized carbons (Fsp3) is 0. The number of nitrogens with one attached hydrogen (secondary N) is 1. The van der Waals surface area contributed by atoms with Crippen LogP contribution in [0, 0.1) is 5.41 Å². The second-order valence-electron chi connectivity index (χ2n) is 4.13. The highest BCUT2D eigenvalue weighted by Crippen LogP contribution is 2.22. The zero-order chi connectivity index (χ0) is 14.0. The maximum absolute atomic E-state index is 12.3. The average Bonchev–Trinajstić information content (AvgIpc) is 2.41. The Bertz CT molecular complexity index is 674. The Morgan fingerprint density at radius 3 is 2.14 bits per heavy atom. The number of benzene rings is 2. The number of anilines is 2. The molecule has 0 fully saturated rings. The number of halogens is 2. The first-order valence-corrected chi connectivity index (χ1v) is 5.64. The van der Waals surface area contributed by atoms with Gasteiger partial charge in [0.25, 0.3) is 0 Å². The second-order valence-corrected chi connectivity index (χ2v) is 4.13. The van der Waals surface area contributed by atoms with Crippen molar-refractivity contribution in [1.29, 1.82) is 5.41 Å². The highest BCUT2D eigenvalue weighted by atomic mass is 35.5. The van der Waals surface area contributed by atoms with Gasteiger partial charge in [-0.05, 0) is 18.2 Å². The number of carbonyl (C=O) groups excluding carboxylic acids is 1. The fourth-order valence-corrected chi connectivity index (χ4v) is 1.76. The van der Waals surface area contributed by atoms with Gasteiger partial charge in [-0.3, -0.25) is 10.2 Å². The van der Waals surface area contributed by atoms with Gasteiger partial charge in [0.1, 0.15) is 5.84 Å². The third-order valence-corrected chi connectivity index (χ3v) is 2.82. The van der Waals surface area contributed by atoms with Crippen LogP contribution in [-0.2, 0) is 0 Å². The first kappa shape index (κ1) is 18.8. The van der Waals surface area contributed by atoms with Crippen molar-refractivity contribution in [3.05, 3.63) is 59.2 Å². The number of hydrogen-bond donors (Lipinski definition) is 4. The van der Waals surface area contributed by atoms with E-state index in [1.807, 2.05) is 0 Å². The zero-order valence-corrected chi connectivity index (χ0v) is 12.6. The van der Waals surface area contributed by atoms with Crippen LogP contribution in [0.1, 0.15) is 21.5 Å². The van der Waals surface area contributed by atoms with Crippen LogP contribution in [0.3, 0.4) is 0 Å². The minimum absolute atomic E-state index is 0. The number of rotatable bonds is 3. The Kier molecular flexibility index (Phi) is 6.72. The predicted octanol–water partition coefficient (Wildman–Crippen LogP) is 2.21. The molecule has 0 aromatic heterocycles. The van der Waals surface area contributed by atoms with Crippen molar-refractivity contribution in [2.45, 2.75) is 0 Å². The van der Waals surface area contributed by atoms with Crippen molar-refractivity contribution in [3.8, 4) is 0 Å². The number of hydrogen-bond acceptors (Lipinski definition) is 4. The summed E-state index contributed by atoms with van der Waals surface area (Å²) in [6.45, 7) is 0. The molecule has 2 rings (SSSR count). The molecular weight excluding hydrogens is 311 g/mol. The van der Waals surface area contributed by atoms with Crippen LogP contribution >= 0.6 is 24.8 Å². The summed E-state index contributed by atoms with van der Waals surface area (Å²) in [6.07, 6.45) is 0. The number of nitrogens with two attached hydrogens (primary N) is 3. The summed E-state index contributed by atoms with van der Waals surface area (Å²) >= 11 is 0. The van der Waals surface area contributed by atoms with Gasteiger partial charge in [0.15, 0.2) is 5.78 Å². The lowest BCUT2D eigenvalue weighted by atomic mass is 9.99. The summed E-state index contributed by atoms with van der Waals surface area (Å²) in [7, 11) is 0. The van der Waals surface area contributed by atoms with Crippen LogP contribution in [0.4, 0.5) is 11.4 Å². The molecule has 7 N–H and O–H groups in total. The van der Waals surface area contributed by atoms with Gasteiger partial charge >= 0.3 is 0 Å². The molecule has 0 aliphatic rings. The fourth-order valence-electron chi connectivity index (χ4n) is 1.76. The van der Waals surface area contributed by atoms with E-state index in [1.165, 1.54) is 0 Å².